The van der Waals surface area contributed by atoms with E-state index in [1.807, 2.05) is 29.5 Å². The molecule has 65 heavy (non-hydrogen) atoms. The van der Waals surface area contributed by atoms with Crippen LogP contribution in [0.3, 0.4) is 0 Å². The van der Waals surface area contributed by atoms with Crippen molar-refractivity contribution in [1.29, 1.82) is 0 Å². The van der Waals surface area contributed by atoms with Crippen LogP contribution in [-0.4, -0.2) is 19.5 Å². The highest BCUT2D eigenvalue weighted by Crippen LogP contribution is 2.47. The summed E-state index contributed by atoms with van der Waals surface area (Å²) in [5.74, 6) is 1.92. The van der Waals surface area contributed by atoms with Crippen molar-refractivity contribution in [2.24, 2.45) is 0 Å². The second kappa shape index (κ2) is 14.2. The van der Waals surface area contributed by atoms with Crippen LogP contribution in [0.4, 0.5) is 0 Å². The molecule has 0 bridgehead atoms. The van der Waals surface area contributed by atoms with E-state index in [0.29, 0.717) is 17.5 Å². The van der Waals surface area contributed by atoms with Crippen LogP contribution < -0.4 is 0 Å². The third-order valence-electron chi connectivity index (χ3n) is 13.0. The quantitative estimate of drug-likeness (QED) is 0.173. The molecular weight excluding hydrogens is 829 g/mol. The molecule has 0 aliphatic heterocycles. The lowest BCUT2D eigenvalue weighted by Crippen LogP contribution is -2.02. The van der Waals surface area contributed by atoms with E-state index in [0.717, 1.165) is 39.0 Å². The summed E-state index contributed by atoms with van der Waals surface area (Å²) in [5, 5.41) is 12.3. The molecule has 6 heteroatoms. The summed E-state index contributed by atoms with van der Waals surface area (Å²) < 4.78 is 7.48. The van der Waals surface area contributed by atoms with Crippen molar-refractivity contribution in [1.82, 2.24) is 19.5 Å². The van der Waals surface area contributed by atoms with Crippen LogP contribution in [0.5, 0.6) is 0 Å². The molecule has 14 rings (SSSR count). The predicted octanol–water partition coefficient (Wildman–Crippen LogP) is 16.7. The van der Waals surface area contributed by atoms with Crippen molar-refractivity contribution in [3.05, 3.63) is 206 Å². The monoisotopic (exact) mass is 862 g/mol. The standard InChI is InChI=1S/C59H34N4S2/c1-2-15-36(16-3-1)57-60-58(62-59(61-57)45-23-13-26-52-55(45)43-21-9-11-25-51(43)64-52)39-29-31-49(63-48-24-10-8-20-41(48)46-32-37-17-4-5-18-38(37)34-50(46)63)47(33-39)42-22-12-27-53-54(42)44-30-28-35-14-6-7-19-40(35)56(44)65-53/h1-34H. The van der Waals surface area contributed by atoms with Crippen molar-refractivity contribution >= 4 is 106 Å². The molecule has 4 nitrogen and oxygen atoms in total. The Kier molecular flexibility index (Phi) is 7.99. The maximum atomic E-state index is 5.41. The number of hydrogen-bond acceptors (Lipinski definition) is 5. The zero-order chi connectivity index (χ0) is 42.6. The Hall–Kier alpha value is -8.03. The lowest BCUT2D eigenvalue weighted by molar-refractivity contribution is 1.08. The van der Waals surface area contributed by atoms with Gasteiger partial charge in [-0.1, -0.05) is 152 Å². The van der Waals surface area contributed by atoms with Gasteiger partial charge in [-0.15, -0.1) is 22.7 Å². The van der Waals surface area contributed by atoms with Crippen molar-refractivity contribution < 1.29 is 0 Å². The third-order valence-corrected chi connectivity index (χ3v) is 15.4. The average molecular weight is 863 g/mol. The fourth-order valence-electron chi connectivity index (χ4n) is 10.1. The van der Waals surface area contributed by atoms with Crippen molar-refractivity contribution in [3.63, 3.8) is 0 Å². The van der Waals surface area contributed by atoms with Gasteiger partial charge in [-0.2, -0.15) is 0 Å². The molecule has 0 aliphatic carbocycles. The molecule has 302 valence electrons. The lowest BCUT2D eigenvalue weighted by Gasteiger charge is -2.17. The summed E-state index contributed by atoms with van der Waals surface area (Å²) in [7, 11) is 0. The van der Waals surface area contributed by atoms with E-state index in [-0.39, 0.29) is 0 Å². The summed E-state index contributed by atoms with van der Waals surface area (Å²) in [6.45, 7) is 0. The zero-order valence-electron chi connectivity index (χ0n) is 34.7. The molecule has 0 radical (unpaired) electrons. The molecule has 0 unspecified atom stereocenters. The van der Waals surface area contributed by atoms with Gasteiger partial charge in [0.15, 0.2) is 17.5 Å². The van der Waals surface area contributed by atoms with Gasteiger partial charge >= 0.3 is 0 Å². The Labute approximate surface area is 381 Å². The number of aromatic nitrogens is 4. The van der Waals surface area contributed by atoms with E-state index in [9.17, 15) is 0 Å². The second-order valence-corrected chi connectivity index (χ2v) is 18.8. The van der Waals surface area contributed by atoms with E-state index in [2.05, 4.69) is 193 Å². The van der Waals surface area contributed by atoms with E-state index >= 15 is 0 Å². The molecule has 0 N–H and O–H groups in total. The second-order valence-electron chi connectivity index (χ2n) is 16.7. The van der Waals surface area contributed by atoms with Crippen LogP contribution in [-0.2, 0) is 0 Å². The predicted molar refractivity (Wildman–Crippen MR) is 277 cm³/mol. The van der Waals surface area contributed by atoms with Gasteiger partial charge in [-0.25, -0.2) is 15.0 Å². The van der Waals surface area contributed by atoms with E-state index in [4.69, 9.17) is 15.0 Å². The van der Waals surface area contributed by atoms with Gasteiger partial charge < -0.3 is 4.57 Å². The largest absolute Gasteiger partial charge is 0.309 e. The Morgan fingerprint density at radius 3 is 1.80 bits per heavy atom. The van der Waals surface area contributed by atoms with Crippen LogP contribution in [0, 0.1) is 0 Å². The summed E-state index contributed by atoms with van der Waals surface area (Å²) in [6.07, 6.45) is 0. The van der Waals surface area contributed by atoms with Crippen molar-refractivity contribution in [2.75, 3.05) is 0 Å². The highest BCUT2D eigenvalue weighted by atomic mass is 32.1. The first-order chi connectivity index (χ1) is 32.2. The Morgan fingerprint density at radius 2 is 0.954 bits per heavy atom. The first-order valence-electron chi connectivity index (χ1n) is 21.8. The van der Waals surface area contributed by atoms with Gasteiger partial charge in [0, 0.05) is 73.4 Å². The zero-order valence-corrected chi connectivity index (χ0v) is 36.4. The Balaban J connectivity index is 1.08. The molecule has 0 amide bonds. The van der Waals surface area contributed by atoms with E-state index < -0.39 is 0 Å². The molecule has 0 atom stereocenters. The number of fused-ring (bicyclic) bond motifs is 12. The summed E-state index contributed by atoms with van der Waals surface area (Å²) in [4.78, 5) is 16.0. The maximum absolute atomic E-state index is 5.41. The molecule has 10 aromatic carbocycles. The smallest absolute Gasteiger partial charge is 0.164 e. The minimum Gasteiger partial charge on any atom is -0.309 e. The third kappa shape index (κ3) is 5.64. The number of benzene rings is 10. The van der Waals surface area contributed by atoms with Gasteiger partial charge in [0.1, 0.15) is 0 Å². The van der Waals surface area contributed by atoms with Crippen molar-refractivity contribution in [2.45, 2.75) is 0 Å². The number of hydrogen-bond donors (Lipinski definition) is 0. The van der Waals surface area contributed by atoms with Gasteiger partial charge in [0.05, 0.1) is 16.7 Å². The number of nitrogens with zero attached hydrogens (tertiary/aromatic N) is 4. The van der Waals surface area contributed by atoms with Crippen LogP contribution >= 0.6 is 22.7 Å². The Bertz CT molecular complexity index is 4250. The SMILES string of the molecule is c1ccc(-c2nc(-c3ccc(-n4c5ccccc5c5cc6ccccc6cc54)c(-c4cccc5sc6c7ccccc7ccc6c45)c3)nc(-c3cccc4sc5ccccc5c34)n2)cc1. The fourth-order valence-corrected chi connectivity index (χ4v) is 12.5. The summed E-state index contributed by atoms with van der Waals surface area (Å²) in [5.41, 5.74) is 8.54. The average Bonchev–Trinajstić information content (AvgIpc) is 4.05. The van der Waals surface area contributed by atoms with E-state index in [1.54, 1.807) is 11.3 Å². The minimum absolute atomic E-state index is 0.625. The summed E-state index contributed by atoms with van der Waals surface area (Å²) >= 11 is 3.68. The van der Waals surface area contributed by atoms with Gasteiger partial charge in [0.2, 0.25) is 0 Å². The van der Waals surface area contributed by atoms with Gasteiger partial charge in [0.25, 0.3) is 0 Å². The normalized spacial score (nSPS) is 12.0. The topological polar surface area (TPSA) is 43.6 Å². The fraction of sp³-hybridized carbons (Fsp3) is 0. The molecule has 4 aromatic heterocycles. The molecule has 4 heterocycles. The number of thiophene rings is 2. The number of para-hydroxylation sites is 1. The van der Waals surface area contributed by atoms with Crippen LogP contribution in [0.25, 0.3) is 135 Å². The minimum atomic E-state index is 0.625. The Morgan fingerprint density at radius 1 is 0.323 bits per heavy atom. The first kappa shape index (κ1) is 36.5. The van der Waals surface area contributed by atoms with E-state index in [1.165, 1.54) is 78.2 Å². The molecule has 0 spiro atoms. The van der Waals surface area contributed by atoms with Crippen molar-refractivity contribution in [3.8, 4) is 51.0 Å². The highest BCUT2D eigenvalue weighted by Gasteiger charge is 2.23. The molecular formula is C59H34N4S2. The molecule has 0 aliphatic rings. The highest BCUT2D eigenvalue weighted by molar-refractivity contribution is 7.27. The molecule has 0 saturated carbocycles. The van der Waals surface area contributed by atoms with Gasteiger partial charge in [-0.3, -0.25) is 0 Å². The van der Waals surface area contributed by atoms with Crippen LogP contribution in [0.1, 0.15) is 0 Å². The molecule has 14 aromatic rings. The molecule has 0 saturated heterocycles. The maximum Gasteiger partial charge on any atom is 0.164 e. The number of rotatable bonds is 5. The molecule has 0 fully saturated rings. The lowest BCUT2D eigenvalue weighted by atomic mass is 9.95. The summed E-state index contributed by atoms with van der Waals surface area (Å²) in [6, 6.07) is 74.5. The van der Waals surface area contributed by atoms with Crippen LogP contribution in [0.15, 0.2) is 206 Å². The van der Waals surface area contributed by atoms with Crippen LogP contribution in [0.2, 0.25) is 0 Å². The van der Waals surface area contributed by atoms with Gasteiger partial charge in [-0.05, 0) is 81.7 Å². The first-order valence-corrected chi connectivity index (χ1v) is 23.5.